The number of pyridine rings is 1. The number of aromatic nitrogens is 1. The highest BCUT2D eigenvalue weighted by molar-refractivity contribution is 5.98. The number of alkyl halides is 3. The Kier molecular flexibility index (Phi) is 8.45. The molecule has 0 bridgehead atoms. The zero-order valence-corrected chi connectivity index (χ0v) is 20.5. The summed E-state index contributed by atoms with van der Waals surface area (Å²) in [6.07, 6.45) is 6.36. The Balaban J connectivity index is 1.49. The van der Waals surface area contributed by atoms with E-state index in [1.54, 1.807) is 18.2 Å². The summed E-state index contributed by atoms with van der Waals surface area (Å²) in [5.41, 5.74) is 3.81. The molecule has 0 saturated heterocycles. The van der Waals surface area contributed by atoms with E-state index in [2.05, 4.69) is 22.2 Å². The molecular weight excluding hydrogens is 497 g/mol. The molecule has 9 heteroatoms. The number of carbonyl (C=O) groups excluding carboxylic acids is 1. The van der Waals surface area contributed by atoms with Crippen molar-refractivity contribution in [2.75, 3.05) is 0 Å². The third-order valence-electron chi connectivity index (χ3n) is 6.22. The second-order valence-electron chi connectivity index (χ2n) is 9.07. The number of amides is 1. The molecule has 1 amide bonds. The summed E-state index contributed by atoms with van der Waals surface area (Å²) in [7, 11) is 0. The predicted octanol–water partition coefficient (Wildman–Crippen LogP) is 6.46. The van der Waals surface area contributed by atoms with Gasteiger partial charge in [-0.3, -0.25) is 14.6 Å². The number of aliphatic carboxylic acids is 1. The number of carbonyl (C=O) groups is 2. The fourth-order valence-corrected chi connectivity index (χ4v) is 4.37. The Morgan fingerprint density at radius 3 is 2.53 bits per heavy atom. The molecule has 0 spiro atoms. The summed E-state index contributed by atoms with van der Waals surface area (Å²) in [4.78, 5) is 28.6. The molecule has 6 nitrogen and oxygen atoms in total. The average Bonchev–Trinajstić information content (AvgIpc) is 2.89. The maximum atomic E-state index is 12.8. The van der Waals surface area contributed by atoms with Gasteiger partial charge in [0.05, 0.1) is 11.2 Å². The summed E-state index contributed by atoms with van der Waals surface area (Å²) >= 11 is 0. The largest absolute Gasteiger partial charge is 0.573 e. The lowest BCUT2D eigenvalue weighted by atomic mass is 9.90. The number of hydrogen-bond acceptors (Lipinski definition) is 4. The number of benzene rings is 2. The molecule has 0 aliphatic heterocycles. The first-order valence-electron chi connectivity index (χ1n) is 12.3. The topological polar surface area (TPSA) is 88.5 Å². The Morgan fingerprint density at radius 2 is 1.84 bits per heavy atom. The van der Waals surface area contributed by atoms with Crippen LogP contribution in [0.25, 0.3) is 10.9 Å². The van der Waals surface area contributed by atoms with E-state index in [1.165, 1.54) is 24.3 Å². The van der Waals surface area contributed by atoms with Crippen molar-refractivity contribution in [3.8, 4) is 5.75 Å². The van der Waals surface area contributed by atoms with Gasteiger partial charge >= 0.3 is 12.3 Å². The predicted molar refractivity (Wildman–Crippen MR) is 137 cm³/mol. The molecule has 0 radical (unpaired) electrons. The lowest BCUT2D eigenvalue weighted by Gasteiger charge is -2.18. The number of unbranched alkanes of at least 4 members (excludes halogenated alkanes) is 1. The van der Waals surface area contributed by atoms with Gasteiger partial charge in [-0.2, -0.15) is 0 Å². The van der Waals surface area contributed by atoms with Crippen LogP contribution in [0.1, 0.15) is 58.8 Å². The number of nitrogens with zero attached hydrogens (tertiary/aromatic N) is 1. The van der Waals surface area contributed by atoms with Crippen molar-refractivity contribution in [2.45, 2.75) is 50.9 Å². The summed E-state index contributed by atoms with van der Waals surface area (Å²) in [5.74, 6) is -1.33. The first kappa shape index (κ1) is 26.9. The van der Waals surface area contributed by atoms with E-state index in [-0.39, 0.29) is 30.5 Å². The third-order valence-corrected chi connectivity index (χ3v) is 6.22. The second kappa shape index (κ2) is 11.9. The molecule has 4 rings (SSSR count). The molecule has 1 aliphatic rings. The third kappa shape index (κ3) is 7.44. The van der Waals surface area contributed by atoms with E-state index in [0.29, 0.717) is 30.4 Å². The molecule has 198 valence electrons. The maximum Gasteiger partial charge on any atom is 0.573 e. The molecule has 3 aromatic rings. The van der Waals surface area contributed by atoms with Crippen molar-refractivity contribution in [3.05, 3.63) is 95.2 Å². The minimum Gasteiger partial charge on any atom is -0.481 e. The van der Waals surface area contributed by atoms with E-state index < -0.39 is 12.3 Å². The first-order valence-corrected chi connectivity index (χ1v) is 12.3. The van der Waals surface area contributed by atoms with Gasteiger partial charge in [0.1, 0.15) is 5.75 Å². The number of allylic oxidation sites excluding steroid dienone is 4. The molecule has 1 aliphatic carbocycles. The minimum atomic E-state index is -4.76. The number of nitrogens with one attached hydrogen (secondary N) is 1. The summed E-state index contributed by atoms with van der Waals surface area (Å²) in [6, 6.07) is 12.6. The Hall–Kier alpha value is -4.14. The first-order chi connectivity index (χ1) is 18.2. The van der Waals surface area contributed by atoms with Gasteiger partial charge in [0.15, 0.2) is 0 Å². The van der Waals surface area contributed by atoms with Crippen LogP contribution in [0.4, 0.5) is 13.2 Å². The average molecular weight is 525 g/mol. The molecule has 1 aromatic heterocycles. The van der Waals surface area contributed by atoms with Crippen LogP contribution < -0.4 is 10.1 Å². The van der Waals surface area contributed by atoms with E-state index in [9.17, 15) is 22.8 Å². The van der Waals surface area contributed by atoms with Crippen LogP contribution in [0.3, 0.4) is 0 Å². The van der Waals surface area contributed by atoms with E-state index in [1.807, 2.05) is 18.2 Å². The van der Waals surface area contributed by atoms with Crippen molar-refractivity contribution in [1.29, 1.82) is 0 Å². The Labute approximate surface area is 217 Å². The number of carboxylic acids is 1. The molecule has 0 saturated carbocycles. The summed E-state index contributed by atoms with van der Waals surface area (Å²) in [6.45, 7) is 0.136. The number of halogens is 3. The molecule has 0 fully saturated rings. The Morgan fingerprint density at radius 1 is 1.05 bits per heavy atom. The van der Waals surface area contributed by atoms with Crippen molar-refractivity contribution in [2.24, 2.45) is 0 Å². The molecule has 2 N–H and O–H groups in total. The molecule has 1 heterocycles. The van der Waals surface area contributed by atoms with Gasteiger partial charge in [-0.15, -0.1) is 13.2 Å². The number of hydrogen-bond donors (Lipinski definition) is 2. The number of aryl methyl sites for hydroxylation is 1. The van der Waals surface area contributed by atoms with Crippen molar-refractivity contribution < 1.29 is 32.6 Å². The number of fused-ring (bicyclic) bond motifs is 1. The van der Waals surface area contributed by atoms with Gasteiger partial charge in [-0.25, -0.2) is 0 Å². The highest BCUT2D eigenvalue weighted by atomic mass is 19.4. The Bertz CT molecular complexity index is 1360. The standard InChI is InChI=1S/C29H27F3N2O4/c30-29(31,32)38-24-13-10-19(11-14-24)18-33-28(37)22-12-15-25-23(17-22)16-21(8-4-5-9-26(35)36)27(34-25)20-6-2-1-3-7-20/h1-3,6,10-17,20H,4-5,7-9,18H2,(H,33,37)(H,35,36). The van der Waals surface area contributed by atoms with Crippen LogP contribution in [0.2, 0.25) is 0 Å². The zero-order chi connectivity index (χ0) is 27.1. The van der Waals surface area contributed by atoms with E-state index in [4.69, 9.17) is 10.1 Å². The number of rotatable bonds is 10. The van der Waals surface area contributed by atoms with Crippen molar-refractivity contribution in [3.63, 3.8) is 0 Å². The fourth-order valence-electron chi connectivity index (χ4n) is 4.37. The maximum absolute atomic E-state index is 12.8. The SMILES string of the molecule is O=C(O)CCCCc1cc2cc(C(=O)NCc3ccc(OC(F)(F)F)cc3)ccc2nc1C1C=CC=CC1. The van der Waals surface area contributed by atoms with Crippen molar-refractivity contribution >= 4 is 22.8 Å². The van der Waals surface area contributed by atoms with Crippen LogP contribution in [0, 0.1) is 0 Å². The lowest BCUT2D eigenvalue weighted by molar-refractivity contribution is -0.274. The smallest absolute Gasteiger partial charge is 0.481 e. The van der Waals surface area contributed by atoms with Crippen LogP contribution >= 0.6 is 0 Å². The minimum absolute atomic E-state index is 0.116. The van der Waals surface area contributed by atoms with Crippen LogP contribution in [0.5, 0.6) is 5.75 Å². The van der Waals surface area contributed by atoms with Gasteiger partial charge in [0.2, 0.25) is 0 Å². The van der Waals surface area contributed by atoms with E-state index >= 15 is 0 Å². The second-order valence-corrected chi connectivity index (χ2v) is 9.07. The lowest BCUT2D eigenvalue weighted by Crippen LogP contribution is -2.22. The van der Waals surface area contributed by atoms with Crippen molar-refractivity contribution in [1.82, 2.24) is 10.3 Å². The van der Waals surface area contributed by atoms with Crippen LogP contribution in [0.15, 0.2) is 72.8 Å². The van der Waals surface area contributed by atoms with Gasteiger partial charge in [0, 0.05) is 29.8 Å². The zero-order valence-electron chi connectivity index (χ0n) is 20.5. The normalized spacial score (nSPS) is 15.0. The van der Waals surface area contributed by atoms with Gasteiger partial charge in [0.25, 0.3) is 5.91 Å². The fraction of sp³-hybridized carbons (Fsp3) is 0.276. The quantitative estimate of drug-likeness (QED) is 0.297. The molecule has 1 unspecified atom stereocenters. The van der Waals surface area contributed by atoms with Crippen LogP contribution in [-0.4, -0.2) is 28.3 Å². The number of ether oxygens (including phenoxy) is 1. The summed E-state index contributed by atoms with van der Waals surface area (Å²) in [5, 5.41) is 12.5. The van der Waals surface area contributed by atoms with Gasteiger partial charge in [-0.05, 0) is 73.2 Å². The highest BCUT2D eigenvalue weighted by Crippen LogP contribution is 2.30. The van der Waals surface area contributed by atoms with Crippen LogP contribution in [-0.2, 0) is 17.8 Å². The molecule has 1 atom stereocenters. The molecule has 38 heavy (non-hydrogen) atoms. The van der Waals surface area contributed by atoms with Gasteiger partial charge in [-0.1, -0.05) is 36.4 Å². The number of carboxylic acid groups (broad SMARTS) is 1. The van der Waals surface area contributed by atoms with E-state index in [0.717, 1.165) is 28.6 Å². The molecule has 2 aromatic carbocycles. The monoisotopic (exact) mass is 524 g/mol. The van der Waals surface area contributed by atoms with Gasteiger partial charge < -0.3 is 15.2 Å². The molecular formula is C29H27F3N2O4. The highest BCUT2D eigenvalue weighted by Gasteiger charge is 2.31. The summed E-state index contributed by atoms with van der Waals surface area (Å²) < 4.78 is 40.9.